The predicted molar refractivity (Wildman–Crippen MR) is 18.8 cm³/mol. The van der Waals surface area contributed by atoms with Gasteiger partial charge in [-0.1, -0.05) is 4.57 Å². The molecule has 0 aliphatic carbocycles. The van der Waals surface area contributed by atoms with Crippen LogP contribution in [0.5, 0.6) is 0 Å². The molecular weight excluding hydrogens is 218 g/mol. The maximum Gasteiger partial charge on any atom is 2.00 e. The van der Waals surface area contributed by atoms with Gasteiger partial charge in [-0.15, -0.1) is 0 Å². The second kappa shape index (κ2) is 17.3. The molecule has 0 heterocycles. The van der Waals surface area contributed by atoms with E-state index < -0.39 is 14.4 Å². The van der Waals surface area contributed by atoms with Gasteiger partial charge in [-0.05, 0) is 6.16 Å². The van der Waals surface area contributed by atoms with Crippen LogP contribution >= 0.6 is 8.25 Å². The minimum absolute atomic E-state index is 0. The molecular formula is CCaKO6P. The van der Waals surface area contributed by atoms with E-state index in [4.69, 9.17) is 29.4 Å². The Morgan fingerprint density at radius 1 is 1.20 bits per heavy atom. The van der Waals surface area contributed by atoms with Gasteiger partial charge in [0.1, 0.15) is 0 Å². The van der Waals surface area contributed by atoms with Crippen LogP contribution in [0.3, 0.4) is 0 Å². The second-order valence-corrected chi connectivity index (χ2v) is 0.921. The molecule has 6 nitrogen and oxygen atoms in total. The van der Waals surface area contributed by atoms with Crippen molar-refractivity contribution in [3.63, 3.8) is 0 Å². The van der Waals surface area contributed by atoms with Gasteiger partial charge in [0.25, 0.3) is 8.25 Å². The molecule has 0 rings (SSSR count). The molecule has 9 heteroatoms. The van der Waals surface area contributed by atoms with E-state index in [0.29, 0.717) is 0 Å². The Bertz CT molecular complexity index is 75.7. The first-order valence-corrected chi connectivity index (χ1v) is 2.26. The molecule has 0 aliphatic rings. The summed E-state index contributed by atoms with van der Waals surface area (Å²) in [6, 6.07) is 0. The number of carbonyl (C=O) groups is 1. The average Bonchev–Trinajstić information content (AvgIpc) is 1.25. The van der Waals surface area contributed by atoms with Gasteiger partial charge in [0, 0.05) is 0 Å². The van der Waals surface area contributed by atoms with E-state index in [2.05, 4.69) is 0 Å². The van der Waals surface area contributed by atoms with E-state index in [0.717, 1.165) is 0 Å². The zero-order valence-electron chi connectivity index (χ0n) is 5.10. The topological polar surface area (TPSA) is 126 Å². The van der Waals surface area contributed by atoms with Crippen molar-refractivity contribution < 1.29 is 80.7 Å². The Hall–Kier alpha value is 2.19. The molecule has 0 aliphatic heterocycles. The summed E-state index contributed by atoms with van der Waals surface area (Å²) >= 11 is 0. The fourth-order valence-corrected chi connectivity index (χ4v) is 0. The Morgan fingerprint density at radius 2 is 1.20 bits per heavy atom. The van der Waals surface area contributed by atoms with Gasteiger partial charge in [-0.3, -0.25) is 0 Å². The summed E-state index contributed by atoms with van der Waals surface area (Å²) in [7, 11) is -3.37. The number of hydrogen-bond donors (Lipinski definition) is 0. The monoisotopic (exact) mass is 218 g/mol. The van der Waals surface area contributed by atoms with Crippen LogP contribution in [0.2, 0.25) is 0 Å². The third kappa shape index (κ3) is 180. The van der Waals surface area contributed by atoms with E-state index in [-0.39, 0.29) is 89.1 Å². The van der Waals surface area contributed by atoms with E-state index >= 15 is 0 Å². The van der Waals surface area contributed by atoms with Crippen molar-refractivity contribution in [2.75, 3.05) is 0 Å². The molecule has 0 saturated heterocycles. The van der Waals surface area contributed by atoms with Gasteiger partial charge in [-0.2, -0.15) is 0 Å². The first kappa shape index (κ1) is 22.8. The standard InChI is InChI=1S/CH2O3.Ca.K.HO3P/c2-1(3)4;;;1-4(2)3/h(H2,2,3,4);;;(H,1,2,3)/q;+2;+1;/p-3. The van der Waals surface area contributed by atoms with Crippen LogP contribution < -0.4 is 71.4 Å². The van der Waals surface area contributed by atoms with Crippen molar-refractivity contribution in [1.29, 1.82) is 0 Å². The predicted octanol–water partition coefficient (Wildman–Crippen LogP) is -7.46. The summed E-state index contributed by atoms with van der Waals surface area (Å²) in [5.41, 5.74) is 0. The maximum absolute atomic E-state index is 8.48. The summed E-state index contributed by atoms with van der Waals surface area (Å²) in [4.78, 5) is 25.3. The first-order chi connectivity index (χ1) is 3.46. The smallest absolute Gasteiger partial charge is 0.652 e. The normalized spacial score (nSPS) is 5.00. The van der Waals surface area contributed by atoms with Crippen molar-refractivity contribution in [1.82, 2.24) is 0 Å². The number of carbonyl (C=O) groups excluding carboxylic acids is 1. The Balaban J connectivity index is -0.0000000300. The summed E-state index contributed by atoms with van der Waals surface area (Å²) in [5.74, 6) is 0. The van der Waals surface area contributed by atoms with E-state index in [1.54, 1.807) is 0 Å². The molecule has 0 spiro atoms. The van der Waals surface area contributed by atoms with E-state index in [1.165, 1.54) is 0 Å². The largest absolute Gasteiger partial charge is 2.00 e. The molecule has 0 atom stereocenters. The van der Waals surface area contributed by atoms with E-state index in [9.17, 15) is 0 Å². The van der Waals surface area contributed by atoms with Crippen molar-refractivity contribution in [3.8, 4) is 0 Å². The molecule has 0 N–H and O–H groups in total. The van der Waals surface area contributed by atoms with Crippen molar-refractivity contribution in [2.24, 2.45) is 0 Å². The van der Waals surface area contributed by atoms with Crippen LogP contribution in [-0.4, -0.2) is 43.9 Å². The quantitative estimate of drug-likeness (QED) is 0.293. The van der Waals surface area contributed by atoms with Crippen molar-refractivity contribution in [3.05, 3.63) is 0 Å². The van der Waals surface area contributed by atoms with Crippen LogP contribution in [0.4, 0.5) is 4.79 Å². The first-order valence-electron chi connectivity index (χ1n) is 1.16. The van der Waals surface area contributed by atoms with Gasteiger partial charge < -0.3 is 24.8 Å². The minimum Gasteiger partial charge on any atom is -0.652 e. The third-order valence-corrected chi connectivity index (χ3v) is 0. The van der Waals surface area contributed by atoms with Gasteiger partial charge in [0.05, 0.1) is 0 Å². The minimum atomic E-state index is -3.37. The molecule has 0 saturated carbocycles. The zero-order valence-corrected chi connectivity index (χ0v) is 11.3. The molecule has 0 aromatic carbocycles. The van der Waals surface area contributed by atoms with E-state index in [1.807, 2.05) is 0 Å². The Morgan fingerprint density at radius 3 is 1.20 bits per heavy atom. The number of carboxylic acid groups (broad SMARTS) is 2. The SMILES string of the molecule is O=C([O-])[O-].O=[P+]([O-])[O-].[Ca+2].[K+]. The summed E-state index contributed by atoms with van der Waals surface area (Å²) in [6.07, 6.45) is -2.33. The third-order valence-electron chi connectivity index (χ3n) is 0. The summed E-state index contributed by atoms with van der Waals surface area (Å²) < 4.78 is 8.48. The Kier molecular flexibility index (Phi) is 39.4. The molecule has 0 bridgehead atoms. The molecule has 0 fully saturated rings. The Labute approximate surface area is 130 Å². The van der Waals surface area contributed by atoms with Gasteiger partial charge >= 0.3 is 89.1 Å². The van der Waals surface area contributed by atoms with Crippen molar-refractivity contribution in [2.45, 2.75) is 0 Å². The van der Waals surface area contributed by atoms with Gasteiger partial charge in [-0.25, -0.2) is 0 Å². The summed E-state index contributed by atoms with van der Waals surface area (Å²) in [6.45, 7) is 0. The van der Waals surface area contributed by atoms with Gasteiger partial charge in [0.15, 0.2) is 0 Å². The number of rotatable bonds is 0. The molecule has 0 aromatic rings. The molecule has 10 heavy (non-hydrogen) atoms. The zero-order chi connectivity index (χ0) is 7.15. The maximum atomic E-state index is 8.48. The summed E-state index contributed by atoms with van der Waals surface area (Å²) in [5, 5.41) is 16.7. The molecule has 0 unspecified atom stereocenters. The molecule has 0 aromatic heterocycles. The molecule has 0 radical (unpaired) electrons. The molecule has 0 amide bonds. The van der Waals surface area contributed by atoms with Crippen LogP contribution in [0.15, 0.2) is 0 Å². The van der Waals surface area contributed by atoms with Gasteiger partial charge in [0.2, 0.25) is 0 Å². The van der Waals surface area contributed by atoms with Crippen molar-refractivity contribution >= 4 is 52.1 Å². The second-order valence-electron chi connectivity index (χ2n) is 0.474. The fourth-order valence-electron chi connectivity index (χ4n) is 0. The number of hydrogen-bond acceptors (Lipinski definition) is 6. The van der Waals surface area contributed by atoms with Crippen LogP contribution in [-0.2, 0) is 4.57 Å². The van der Waals surface area contributed by atoms with Crippen LogP contribution in [0.25, 0.3) is 0 Å². The van der Waals surface area contributed by atoms with Crippen LogP contribution in [0, 0.1) is 0 Å². The van der Waals surface area contributed by atoms with Crippen LogP contribution in [0.1, 0.15) is 0 Å². The average molecular weight is 218 g/mol. The fraction of sp³-hybridized carbons (Fsp3) is 0. The molecule has 48 valence electrons.